The highest BCUT2D eigenvalue weighted by molar-refractivity contribution is 9.10. The average Bonchev–Trinajstić information content (AvgIpc) is 2.99. The molecule has 2 heterocycles. The first-order valence-corrected chi connectivity index (χ1v) is 6.24. The zero-order valence-electron chi connectivity index (χ0n) is 9.69. The molecule has 0 fully saturated rings. The van der Waals surface area contributed by atoms with E-state index < -0.39 is 0 Å². The molecular formula is C11H9BrN6O. The van der Waals surface area contributed by atoms with Gasteiger partial charge in [0.1, 0.15) is 6.54 Å². The molecule has 0 saturated carbocycles. The summed E-state index contributed by atoms with van der Waals surface area (Å²) >= 11 is 3.40. The summed E-state index contributed by atoms with van der Waals surface area (Å²) in [6, 6.07) is 7.67. The van der Waals surface area contributed by atoms with Crippen molar-refractivity contribution in [3.8, 4) is 11.4 Å². The molecule has 8 heteroatoms. The minimum absolute atomic E-state index is 0.338. The third-order valence-corrected chi connectivity index (χ3v) is 2.90. The van der Waals surface area contributed by atoms with E-state index in [0.717, 1.165) is 10.0 Å². The van der Waals surface area contributed by atoms with Gasteiger partial charge in [0, 0.05) is 10.0 Å². The largest absolute Gasteiger partial charge is 0.381 e. The Morgan fingerprint density at radius 2 is 2.26 bits per heavy atom. The molecular weight excluding hydrogens is 312 g/mol. The van der Waals surface area contributed by atoms with Gasteiger partial charge in [-0.3, -0.25) is 0 Å². The SMILES string of the molecule is Nc1cn(Cc2nc(-c3cccc(Br)c3)no2)nn1. The fraction of sp³-hybridized carbons (Fsp3) is 0.0909. The number of hydrogen-bond donors (Lipinski definition) is 1. The Morgan fingerprint density at radius 1 is 1.37 bits per heavy atom. The van der Waals surface area contributed by atoms with Crippen molar-refractivity contribution >= 4 is 21.7 Å². The Balaban J connectivity index is 1.83. The Hall–Kier alpha value is -2.22. The van der Waals surface area contributed by atoms with Crippen LogP contribution in [0.2, 0.25) is 0 Å². The first-order chi connectivity index (χ1) is 9.20. The first kappa shape index (κ1) is 11.8. The predicted octanol–water partition coefficient (Wildman–Crippen LogP) is 1.72. The van der Waals surface area contributed by atoms with E-state index in [2.05, 4.69) is 36.4 Å². The molecule has 0 atom stereocenters. The highest BCUT2D eigenvalue weighted by Crippen LogP contribution is 2.20. The molecule has 19 heavy (non-hydrogen) atoms. The molecule has 2 N–H and O–H groups in total. The lowest BCUT2D eigenvalue weighted by Crippen LogP contribution is -2.00. The van der Waals surface area contributed by atoms with Gasteiger partial charge in [0.2, 0.25) is 11.7 Å². The van der Waals surface area contributed by atoms with Gasteiger partial charge in [0.05, 0.1) is 6.20 Å². The summed E-state index contributed by atoms with van der Waals surface area (Å²) in [5, 5.41) is 11.4. The van der Waals surface area contributed by atoms with Crippen molar-refractivity contribution in [2.75, 3.05) is 5.73 Å². The van der Waals surface area contributed by atoms with Gasteiger partial charge in [-0.25, -0.2) is 4.68 Å². The Kier molecular flexibility index (Phi) is 3.00. The van der Waals surface area contributed by atoms with Gasteiger partial charge in [-0.2, -0.15) is 4.98 Å². The van der Waals surface area contributed by atoms with Gasteiger partial charge in [0.25, 0.3) is 0 Å². The maximum Gasteiger partial charge on any atom is 0.248 e. The van der Waals surface area contributed by atoms with Crippen molar-refractivity contribution in [2.24, 2.45) is 0 Å². The molecule has 2 aromatic heterocycles. The number of aromatic nitrogens is 5. The average molecular weight is 321 g/mol. The maximum absolute atomic E-state index is 5.48. The number of halogens is 1. The molecule has 1 aromatic carbocycles. The van der Waals surface area contributed by atoms with Crippen molar-refractivity contribution in [1.82, 2.24) is 25.1 Å². The molecule has 0 aliphatic carbocycles. The number of nitrogen functional groups attached to an aromatic ring is 1. The van der Waals surface area contributed by atoms with Crippen LogP contribution in [0.5, 0.6) is 0 Å². The summed E-state index contributed by atoms with van der Waals surface area (Å²) < 4.78 is 7.66. The minimum Gasteiger partial charge on any atom is -0.381 e. The van der Waals surface area contributed by atoms with Crippen LogP contribution >= 0.6 is 15.9 Å². The first-order valence-electron chi connectivity index (χ1n) is 5.45. The minimum atomic E-state index is 0.338. The second kappa shape index (κ2) is 4.81. The van der Waals surface area contributed by atoms with Crippen molar-refractivity contribution < 1.29 is 4.52 Å². The van der Waals surface area contributed by atoms with Gasteiger partial charge >= 0.3 is 0 Å². The predicted molar refractivity (Wildman–Crippen MR) is 71.0 cm³/mol. The van der Waals surface area contributed by atoms with Crippen LogP contribution in [-0.4, -0.2) is 25.1 Å². The molecule has 0 unspecified atom stereocenters. The van der Waals surface area contributed by atoms with Crippen molar-refractivity contribution in [3.05, 3.63) is 40.8 Å². The number of benzene rings is 1. The van der Waals surface area contributed by atoms with Crippen LogP contribution in [0.25, 0.3) is 11.4 Å². The third-order valence-electron chi connectivity index (χ3n) is 2.40. The van der Waals surface area contributed by atoms with E-state index in [0.29, 0.717) is 24.1 Å². The molecule has 7 nitrogen and oxygen atoms in total. The van der Waals surface area contributed by atoms with E-state index in [1.54, 1.807) is 6.20 Å². The summed E-state index contributed by atoms with van der Waals surface area (Å²) in [6.07, 6.45) is 1.60. The van der Waals surface area contributed by atoms with Crippen LogP contribution in [-0.2, 0) is 6.54 Å². The molecule has 3 rings (SSSR count). The van der Waals surface area contributed by atoms with E-state index in [1.165, 1.54) is 4.68 Å². The van der Waals surface area contributed by atoms with Crippen LogP contribution < -0.4 is 5.73 Å². The van der Waals surface area contributed by atoms with Gasteiger partial charge in [0.15, 0.2) is 5.82 Å². The molecule has 0 aliphatic heterocycles. The molecule has 0 spiro atoms. The number of nitrogens with zero attached hydrogens (tertiary/aromatic N) is 5. The maximum atomic E-state index is 5.48. The lowest BCUT2D eigenvalue weighted by atomic mass is 10.2. The molecule has 96 valence electrons. The standard InChI is InChI=1S/C11H9BrN6O/c12-8-3-1-2-7(4-8)11-14-10(19-16-11)6-18-5-9(13)15-17-18/h1-5H,6,13H2. The van der Waals surface area contributed by atoms with Crippen molar-refractivity contribution in [3.63, 3.8) is 0 Å². The smallest absolute Gasteiger partial charge is 0.248 e. The second-order valence-corrected chi connectivity index (χ2v) is 4.78. The summed E-state index contributed by atoms with van der Waals surface area (Å²) in [5.41, 5.74) is 6.36. The highest BCUT2D eigenvalue weighted by atomic mass is 79.9. The van der Waals surface area contributed by atoms with E-state index in [-0.39, 0.29) is 0 Å². The van der Waals surface area contributed by atoms with Crippen LogP contribution in [0.3, 0.4) is 0 Å². The zero-order valence-corrected chi connectivity index (χ0v) is 11.3. The van der Waals surface area contributed by atoms with E-state index >= 15 is 0 Å². The highest BCUT2D eigenvalue weighted by Gasteiger charge is 2.10. The summed E-state index contributed by atoms with van der Waals surface area (Å²) in [5.74, 6) is 1.33. The Labute approximate surface area is 116 Å². The number of nitrogens with two attached hydrogens (primary N) is 1. The monoisotopic (exact) mass is 320 g/mol. The van der Waals surface area contributed by atoms with Gasteiger partial charge < -0.3 is 10.3 Å². The van der Waals surface area contributed by atoms with Crippen molar-refractivity contribution in [1.29, 1.82) is 0 Å². The second-order valence-electron chi connectivity index (χ2n) is 3.86. The van der Waals surface area contributed by atoms with Crippen LogP contribution in [0.15, 0.2) is 39.5 Å². The number of anilines is 1. The fourth-order valence-electron chi connectivity index (χ4n) is 1.59. The Morgan fingerprint density at radius 3 is 3.00 bits per heavy atom. The molecule has 0 bridgehead atoms. The van der Waals surface area contributed by atoms with E-state index in [4.69, 9.17) is 10.3 Å². The van der Waals surface area contributed by atoms with Crippen molar-refractivity contribution in [2.45, 2.75) is 6.54 Å². The fourth-order valence-corrected chi connectivity index (χ4v) is 1.99. The Bertz CT molecular complexity index is 707. The summed E-state index contributed by atoms with van der Waals surface area (Å²) in [7, 11) is 0. The third kappa shape index (κ3) is 2.63. The molecule has 0 aliphatic rings. The summed E-state index contributed by atoms with van der Waals surface area (Å²) in [6.45, 7) is 0.338. The van der Waals surface area contributed by atoms with E-state index in [1.807, 2.05) is 24.3 Å². The molecule has 3 aromatic rings. The zero-order chi connectivity index (χ0) is 13.2. The molecule has 0 saturated heterocycles. The summed E-state index contributed by atoms with van der Waals surface area (Å²) in [4.78, 5) is 4.30. The number of rotatable bonds is 3. The molecule has 0 radical (unpaired) electrons. The van der Waals surface area contributed by atoms with Crippen LogP contribution in [0, 0.1) is 0 Å². The van der Waals surface area contributed by atoms with Gasteiger partial charge in [-0.1, -0.05) is 38.4 Å². The quantitative estimate of drug-likeness (QED) is 0.789. The number of hydrogen-bond acceptors (Lipinski definition) is 6. The topological polar surface area (TPSA) is 95.7 Å². The van der Waals surface area contributed by atoms with Crippen LogP contribution in [0.1, 0.15) is 5.89 Å². The molecule has 0 amide bonds. The van der Waals surface area contributed by atoms with Gasteiger partial charge in [-0.15, -0.1) is 5.10 Å². The van der Waals surface area contributed by atoms with Crippen LogP contribution in [0.4, 0.5) is 5.82 Å². The lowest BCUT2D eigenvalue weighted by molar-refractivity contribution is 0.364. The van der Waals surface area contributed by atoms with E-state index in [9.17, 15) is 0 Å². The van der Waals surface area contributed by atoms with Gasteiger partial charge in [-0.05, 0) is 12.1 Å². The lowest BCUT2D eigenvalue weighted by Gasteiger charge is -1.94. The normalized spacial score (nSPS) is 10.8.